The van der Waals surface area contributed by atoms with Crippen LogP contribution in [0.2, 0.25) is 0 Å². The number of benzene rings is 1. The minimum absolute atomic E-state index is 0.00289. The van der Waals surface area contributed by atoms with Crippen LogP contribution in [-0.4, -0.2) is 47.3 Å². The SMILES string of the molecule is O=C(CCc1ccc(F)cc1)N1CCN(C2CC2)C(=O)C1. The van der Waals surface area contributed by atoms with Gasteiger partial charge in [-0.2, -0.15) is 0 Å². The van der Waals surface area contributed by atoms with Crippen molar-refractivity contribution in [1.82, 2.24) is 9.80 Å². The van der Waals surface area contributed by atoms with Crippen LogP contribution in [0.1, 0.15) is 24.8 Å². The predicted molar refractivity (Wildman–Crippen MR) is 76.0 cm³/mol. The maximum Gasteiger partial charge on any atom is 0.242 e. The van der Waals surface area contributed by atoms with Gasteiger partial charge in [0.1, 0.15) is 5.82 Å². The third-order valence-corrected chi connectivity index (χ3v) is 4.14. The van der Waals surface area contributed by atoms with Crippen LogP contribution >= 0.6 is 0 Å². The van der Waals surface area contributed by atoms with Crippen molar-refractivity contribution < 1.29 is 14.0 Å². The number of rotatable bonds is 4. The van der Waals surface area contributed by atoms with E-state index < -0.39 is 0 Å². The molecule has 1 saturated carbocycles. The van der Waals surface area contributed by atoms with Gasteiger partial charge in [0.2, 0.25) is 11.8 Å². The van der Waals surface area contributed by atoms with Gasteiger partial charge in [0.25, 0.3) is 0 Å². The average Bonchev–Trinajstić information content (AvgIpc) is 3.31. The molecule has 1 heterocycles. The smallest absolute Gasteiger partial charge is 0.242 e. The Labute approximate surface area is 123 Å². The minimum Gasteiger partial charge on any atom is -0.336 e. The van der Waals surface area contributed by atoms with E-state index in [-0.39, 0.29) is 24.2 Å². The molecule has 1 aliphatic carbocycles. The van der Waals surface area contributed by atoms with Crippen molar-refractivity contribution in [2.24, 2.45) is 0 Å². The predicted octanol–water partition coefficient (Wildman–Crippen LogP) is 1.59. The highest BCUT2D eigenvalue weighted by molar-refractivity contribution is 5.86. The van der Waals surface area contributed by atoms with Gasteiger partial charge in [0.15, 0.2) is 0 Å². The van der Waals surface area contributed by atoms with Crippen molar-refractivity contribution in [3.63, 3.8) is 0 Å². The Hall–Kier alpha value is -1.91. The highest BCUT2D eigenvalue weighted by atomic mass is 19.1. The van der Waals surface area contributed by atoms with Crippen molar-refractivity contribution in [2.75, 3.05) is 19.6 Å². The van der Waals surface area contributed by atoms with Crippen molar-refractivity contribution in [3.8, 4) is 0 Å². The number of carbonyl (C=O) groups excluding carboxylic acids is 2. The molecule has 4 nitrogen and oxygen atoms in total. The zero-order valence-electron chi connectivity index (χ0n) is 11.9. The lowest BCUT2D eigenvalue weighted by molar-refractivity contribution is -0.145. The highest BCUT2D eigenvalue weighted by Crippen LogP contribution is 2.28. The van der Waals surface area contributed by atoms with E-state index in [0.29, 0.717) is 32.0 Å². The number of hydrogen-bond acceptors (Lipinski definition) is 2. The second-order valence-corrected chi connectivity index (χ2v) is 5.76. The molecule has 2 aliphatic rings. The molecule has 0 radical (unpaired) electrons. The number of amides is 2. The molecular weight excluding hydrogens is 271 g/mol. The molecule has 3 rings (SSSR count). The van der Waals surface area contributed by atoms with Crippen LogP contribution in [0.5, 0.6) is 0 Å². The second-order valence-electron chi connectivity index (χ2n) is 5.76. The van der Waals surface area contributed by atoms with Gasteiger partial charge in [-0.3, -0.25) is 9.59 Å². The number of nitrogens with zero attached hydrogens (tertiary/aromatic N) is 2. The molecule has 0 atom stereocenters. The average molecular weight is 290 g/mol. The second kappa shape index (κ2) is 5.84. The molecule has 0 N–H and O–H groups in total. The molecule has 2 amide bonds. The summed E-state index contributed by atoms with van der Waals surface area (Å²) in [6.07, 6.45) is 3.15. The summed E-state index contributed by atoms with van der Waals surface area (Å²) in [5.41, 5.74) is 0.938. The zero-order chi connectivity index (χ0) is 14.8. The third kappa shape index (κ3) is 3.40. The fraction of sp³-hybridized carbons (Fsp3) is 0.500. The lowest BCUT2D eigenvalue weighted by atomic mass is 10.1. The number of carbonyl (C=O) groups is 2. The topological polar surface area (TPSA) is 40.6 Å². The Balaban J connectivity index is 1.49. The van der Waals surface area contributed by atoms with Gasteiger partial charge in [-0.25, -0.2) is 4.39 Å². The van der Waals surface area contributed by atoms with E-state index in [1.54, 1.807) is 17.0 Å². The Morgan fingerprint density at radius 1 is 1.19 bits per heavy atom. The minimum atomic E-state index is -0.271. The highest BCUT2D eigenvalue weighted by Gasteiger charge is 2.36. The van der Waals surface area contributed by atoms with Gasteiger partial charge in [-0.15, -0.1) is 0 Å². The van der Waals surface area contributed by atoms with Crippen molar-refractivity contribution in [2.45, 2.75) is 31.7 Å². The Kier molecular flexibility index (Phi) is 3.90. The number of aryl methyl sites for hydroxylation is 1. The summed E-state index contributed by atoms with van der Waals surface area (Å²) in [6.45, 7) is 1.50. The van der Waals surface area contributed by atoms with Gasteiger partial charge in [-0.05, 0) is 37.0 Å². The van der Waals surface area contributed by atoms with Crippen LogP contribution in [-0.2, 0) is 16.0 Å². The summed E-state index contributed by atoms with van der Waals surface area (Å²) >= 11 is 0. The molecule has 112 valence electrons. The van der Waals surface area contributed by atoms with Gasteiger partial charge < -0.3 is 9.80 Å². The van der Waals surface area contributed by atoms with E-state index >= 15 is 0 Å². The molecule has 2 fully saturated rings. The summed E-state index contributed by atoms with van der Waals surface area (Å²) in [4.78, 5) is 27.7. The maximum absolute atomic E-state index is 12.8. The Bertz CT molecular complexity index is 540. The lowest BCUT2D eigenvalue weighted by Gasteiger charge is -2.34. The molecule has 0 unspecified atom stereocenters. The summed E-state index contributed by atoms with van der Waals surface area (Å²) in [7, 11) is 0. The monoisotopic (exact) mass is 290 g/mol. The van der Waals surface area contributed by atoms with E-state index in [2.05, 4.69) is 0 Å². The van der Waals surface area contributed by atoms with Gasteiger partial charge in [0, 0.05) is 25.6 Å². The molecule has 0 spiro atoms. The van der Waals surface area contributed by atoms with Crippen LogP contribution < -0.4 is 0 Å². The summed E-state index contributed by atoms with van der Waals surface area (Å²) in [5, 5.41) is 0. The van der Waals surface area contributed by atoms with Gasteiger partial charge in [-0.1, -0.05) is 12.1 Å². The maximum atomic E-state index is 12.8. The first kappa shape index (κ1) is 14.0. The fourth-order valence-electron chi connectivity index (χ4n) is 2.73. The first-order valence-corrected chi connectivity index (χ1v) is 7.45. The number of piperazine rings is 1. The van der Waals surface area contributed by atoms with E-state index in [1.165, 1.54) is 12.1 Å². The molecule has 0 aromatic heterocycles. The largest absolute Gasteiger partial charge is 0.336 e. The molecule has 1 saturated heterocycles. The quantitative estimate of drug-likeness (QED) is 0.845. The van der Waals surface area contributed by atoms with Gasteiger partial charge >= 0.3 is 0 Å². The van der Waals surface area contributed by atoms with Crippen molar-refractivity contribution >= 4 is 11.8 Å². The normalized spacial score (nSPS) is 19.0. The van der Waals surface area contributed by atoms with Crippen LogP contribution in [0.3, 0.4) is 0 Å². The summed E-state index contributed by atoms with van der Waals surface area (Å²) in [6, 6.07) is 6.61. The van der Waals surface area contributed by atoms with E-state index in [0.717, 1.165) is 18.4 Å². The molecule has 1 aliphatic heterocycles. The van der Waals surface area contributed by atoms with Crippen LogP contribution in [0.15, 0.2) is 24.3 Å². The number of halogens is 1. The van der Waals surface area contributed by atoms with Gasteiger partial charge in [0.05, 0.1) is 6.54 Å². The van der Waals surface area contributed by atoms with Crippen molar-refractivity contribution in [1.29, 1.82) is 0 Å². The molecular formula is C16H19FN2O2. The molecule has 1 aromatic rings. The molecule has 5 heteroatoms. The van der Waals surface area contributed by atoms with E-state index in [9.17, 15) is 14.0 Å². The number of hydrogen-bond donors (Lipinski definition) is 0. The fourth-order valence-corrected chi connectivity index (χ4v) is 2.73. The first-order valence-electron chi connectivity index (χ1n) is 7.45. The van der Waals surface area contributed by atoms with Crippen LogP contribution in [0, 0.1) is 5.82 Å². The third-order valence-electron chi connectivity index (χ3n) is 4.14. The van der Waals surface area contributed by atoms with Crippen LogP contribution in [0.25, 0.3) is 0 Å². The van der Waals surface area contributed by atoms with Crippen LogP contribution in [0.4, 0.5) is 4.39 Å². The molecule has 0 bridgehead atoms. The first-order chi connectivity index (χ1) is 10.1. The standard InChI is InChI=1S/C16H19FN2O2/c17-13-4-1-12(2-5-13)3-8-15(20)18-9-10-19(14-6-7-14)16(21)11-18/h1-2,4-5,14H,3,6-11H2. The van der Waals surface area contributed by atoms with Crippen molar-refractivity contribution in [3.05, 3.63) is 35.6 Å². The van der Waals surface area contributed by atoms with E-state index in [4.69, 9.17) is 0 Å². The summed E-state index contributed by atoms with van der Waals surface area (Å²) in [5.74, 6) is -0.200. The Morgan fingerprint density at radius 2 is 1.90 bits per heavy atom. The lowest BCUT2D eigenvalue weighted by Crippen LogP contribution is -2.52. The zero-order valence-corrected chi connectivity index (χ0v) is 11.9. The Morgan fingerprint density at radius 3 is 2.52 bits per heavy atom. The van der Waals surface area contributed by atoms with E-state index in [1.807, 2.05) is 4.90 Å². The summed E-state index contributed by atoms with van der Waals surface area (Å²) < 4.78 is 12.8. The molecule has 21 heavy (non-hydrogen) atoms. The molecule has 1 aromatic carbocycles.